The molecule has 1 aromatic rings. The summed E-state index contributed by atoms with van der Waals surface area (Å²) in [6.07, 6.45) is 2.58. The Kier molecular flexibility index (Phi) is 3.09. The predicted octanol–water partition coefficient (Wildman–Crippen LogP) is 0.832. The lowest BCUT2D eigenvalue weighted by molar-refractivity contribution is -0.144. The van der Waals surface area contributed by atoms with Gasteiger partial charge in [0, 0.05) is 31.1 Å². The van der Waals surface area contributed by atoms with Crippen molar-refractivity contribution in [2.75, 3.05) is 26.3 Å². The third kappa shape index (κ3) is 2.20. The first-order chi connectivity index (χ1) is 8.34. The number of carbonyl (C=O) groups excluding carboxylic acids is 1. The molecular formula is C11H14N2O3S. The Morgan fingerprint density at radius 3 is 3.12 bits per heavy atom. The molecule has 3 rings (SSSR count). The Morgan fingerprint density at radius 1 is 1.47 bits per heavy atom. The minimum Gasteiger partial charge on any atom is -0.464 e. The number of esters is 1. The van der Waals surface area contributed by atoms with Gasteiger partial charge in [0.25, 0.3) is 0 Å². The summed E-state index contributed by atoms with van der Waals surface area (Å²) in [5.41, 5.74) is 0. The van der Waals surface area contributed by atoms with Crippen LogP contribution in [0.1, 0.15) is 17.5 Å². The number of nitrogens with zero attached hydrogens (tertiary/aromatic N) is 2. The van der Waals surface area contributed by atoms with Crippen LogP contribution in [0.2, 0.25) is 0 Å². The van der Waals surface area contributed by atoms with E-state index in [4.69, 9.17) is 9.47 Å². The molecule has 0 amide bonds. The highest BCUT2D eigenvalue weighted by atomic mass is 32.1. The molecule has 17 heavy (non-hydrogen) atoms. The van der Waals surface area contributed by atoms with Crippen molar-refractivity contribution in [3.8, 4) is 0 Å². The number of hydrogen-bond acceptors (Lipinski definition) is 6. The van der Waals surface area contributed by atoms with Gasteiger partial charge in [-0.15, -0.1) is 11.3 Å². The van der Waals surface area contributed by atoms with Gasteiger partial charge in [-0.3, -0.25) is 9.69 Å². The molecule has 2 atom stereocenters. The lowest BCUT2D eigenvalue weighted by atomic mass is 10.1. The molecule has 2 saturated heterocycles. The topological polar surface area (TPSA) is 51.7 Å². The highest BCUT2D eigenvalue weighted by molar-refractivity contribution is 7.09. The number of ether oxygens (including phenoxy) is 2. The second-order valence-corrected chi connectivity index (χ2v) is 5.12. The van der Waals surface area contributed by atoms with Gasteiger partial charge in [-0.1, -0.05) is 0 Å². The van der Waals surface area contributed by atoms with Gasteiger partial charge in [0.1, 0.15) is 17.2 Å². The van der Waals surface area contributed by atoms with E-state index in [2.05, 4.69) is 9.88 Å². The van der Waals surface area contributed by atoms with Crippen molar-refractivity contribution < 1.29 is 14.3 Å². The molecule has 0 aliphatic carbocycles. The van der Waals surface area contributed by atoms with Gasteiger partial charge < -0.3 is 9.47 Å². The predicted molar refractivity (Wildman–Crippen MR) is 61.7 cm³/mol. The minimum absolute atomic E-state index is 0.00264. The molecule has 0 unspecified atom stereocenters. The van der Waals surface area contributed by atoms with E-state index in [1.54, 1.807) is 17.5 Å². The number of morpholine rings is 1. The van der Waals surface area contributed by atoms with Crippen molar-refractivity contribution in [1.29, 1.82) is 0 Å². The van der Waals surface area contributed by atoms with Crippen molar-refractivity contribution in [1.82, 2.24) is 9.88 Å². The normalized spacial score (nSPS) is 30.5. The Hall–Kier alpha value is -0.980. The fourth-order valence-electron chi connectivity index (χ4n) is 2.31. The zero-order chi connectivity index (χ0) is 11.7. The fraction of sp³-hybridized carbons (Fsp3) is 0.636. The maximum atomic E-state index is 11.5. The third-order valence-electron chi connectivity index (χ3n) is 3.17. The molecule has 1 aromatic heterocycles. The molecule has 0 spiro atoms. The summed E-state index contributed by atoms with van der Waals surface area (Å²) in [4.78, 5) is 18.0. The summed E-state index contributed by atoms with van der Waals surface area (Å²) in [7, 11) is 0. The second-order valence-electron chi connectivity index (χ2n) is 4.20. The van der Waals surface area contributed by atoms with Crippen LogP contribution in [0.15, 0.2) is 11.6 Å². The van der Waals surface area contributed by atoms with Crippen molar-refractivity contribution in [2.24, 2.45) is 0 Å². The summed E-state index contributed by atoms with van der Waals surface area (Å²) in [5.74, 6) is -0.0928. The van der Waals surface area contributed by atoms with Gasteiger partial charge >= 0.3 is 5.97 Å². The van der Waals surface area contributed by atoms with Crippen LogP contribution in [0, 0.1) is 0 Å². The van der Waals surface area contributed by atoms with Gasteiger partial charge in [-0.2, -0.15) is 0 Å². The Labute approximate surface area is 103 Å². The Bertz CT molecular complexity index is 395. The fourth-order valence-corrected chi connectivity index (χ4v) is 2.99. The first-order valence-corrected chi connectivity index (χ1v) is 6.64. The summed E-state index contributed by atoms with van der Waals surface area (Å²) in [6, 6.07) is -0.0821. The number of aromatic nitrogens is 1. The minimum atomic E-state index is -0.0928. The van der Waals surface area contributed by atoms with Gasteiger partial charge in [0.15, 0.2) is 0 Å². The van der Waals surface area contributed by atoms with Crippen LogP contribution in [0.25, 0.3) is 0 Å². The Morgan fingerprint density at radius 2 is 2.41 bits per heavy atom. The highest BCUT2D eigenvalue weighted by Crippen LogP contribution is 2.26. The van der Waals surface area contributed by atoms with Crippen LogP contribution in [0.3, 0.4) is 0 Å². The van der Waals surface area contributed by atoms with Crippen LogP contribution in [-0.2, 0) is 14.3 Å². The van der Waals surface area contributed by atoms with Gasteiger partial charge in [-0.25, -0.2) is 4.98 Å². The number of rotatable bonds is 2. The molecule has 0 bridgehead atoms. The lowest BCUT2D eigenvalue weighted by Gasteiger charge is -2.34. The molecule has 2 fully saturated rings. The first-order valence-electron chi connectivity index (χ1n) is 5.76. The summed E-state index contributed by atoms with van der Waals surface area (Å²) in [6.45, 7) is 2.71. The molecule has 3 heterocycles. The monoisotopic (exact) mass is 254 g/mol. The van der Waals surface area contributed by atoms with Crippen molar-refractivity contribution >= 4 is 17.3 Å². The van der Waals surface area contributed by atoms with Crippen LogP contribution in [0.4, 0.5) is 0 Å². The van der Waals surface area contributed by atoms with E-state index in [1.807, 2.05) is 5.38 Å². The number of thiazole rings is 1. The van der Waals surface area contributed by atoms with Gasteiger partial charge in [0.05, 0.1) is 13.2 Å². The van der Waals surface area contributed by atoms with Crippen molar-refractivity contribution in [2.45, 2.75) is 18.6 Å². The van der Waals surface area contributed by atoms with E-state index in [-0.39, 0.29) is 18.1 Å². The highest BCUT2D eigenvalue weighted by Gasteiger charge is 2.36. The molecule has 0 radical (unpaired) electrons. The first kappa shape index (κ1) is 11.1. The molecule has 2 aliphatic rings. The second kappa shape index (κ2) is 4.72. The standard InChI is InChI=1S/C11H14N2O3S/c14-11-8(1-4-16-11)13-3-5-15-9(7-13)10-12-2-6-17-10/h2,6,8-9H,1,3-5,7H2/t8-,9-/m0/s1. The molecular weight excluding hydrogens is 240 g/mol. The maximum Gasteiger partial charge on any atom is 0.323 e. The van der Waals surface area contributed by atoms with E-state index in [9.17, 15) is 4.79 Å². The summed E-state index contributed by atoms with van der Waals surface area (Å²) < 4.78 is 10.7. The van der Waals surface area contributed by atoms with Crippen LogP contribution >= 0.6 is 11.3 Å². The smallest absolute Gasteiger partial charge is 0.323 e. The lowest BCUT2D eigenvalue weighted by Crippen LogP contribution is -2.46. The zero-order valence-corrected chi connectivity index (χ0v) is 10.2. The molecule has 92 valence electrons. The average molecular weight is 254 g/mol. The van der Waals surface area contributed by atoms with Crippen LogP contribution in [0.5, 0.6) is 0 Å². The number of hydrogen-bond donors (Lipinski definition) is 0. The van der Waals surface area contributed by atoms with Gasteiger partial charge in [0.2, 0.25) is 0 Å². The average Bonchev–Trinajstić information content (AvgIpc) is 2.99. The van der Waals surface area contributed by atoms with E-state index in [0.29, 0.717) is 13.2 Å². The van der Waals surface area contributed by atoms with Crippen LogP contribution in [-0.4, -0.2) is 48.2 Å². The third-order valence-corrected chi connectivity index (χ3v) is 4.04. The Balaban J connectivity index is 1.69. The molecule has 0 N–H and O–H groups in total. The molecule has 2 aliphatic heterocycles. The number of carbonyl (C=O) groups is 1. The zero-order valence-electron chi connectivity index (χ0n) is 9.37. The molecule has 0 aromatic carbocycles. The largest absolute Gasteiger partial charge is 0.464 e. The summed E-state index contributed by atoms with van der Waals surface area (Å²) in [5, 5.41) is 2.93. The maximum absolute atomic E-state index is 11.5. The summed E-state index contributed by atoms with van der Waals surface area (Å²) >= 11 is 1.60. The molecule has 6 heteroatoms. The van der Waals surface area contributed by atoms with Crippen molar-refractivity contribution in [3.63, 3.8) is 0 Å². The van der Waals surface area contributed by atoms with E-state index in [1.165, 1.54) is 0 Å². The SMILES string of the molecule is O=C1OCC[C@@H]1N1CCO[C@H](c2nccs2)C1. The van der Waals surface area contributed by atoms with E-state index < -0.39 is 0 Å². The van der Waals surface area contributed by atoms with E-state index in [0.717, 1.165) is 24.5 Å². The number of cyclic esters (lactones) is 1. The quantitative estimate of drug-likeness (QED) is 0.732. The van der Waals surface area contributed by atoms with Gasteiger partial charge in [-0.05, 0) is 0 Å². The molecule has 0 saturated carbocycles. The van der Waals surface area contributed by atoms with Crippen molar-refractivity contribution in [3.05, 3.63) is 16.6 Å². The molecule has 5 nitrogen and oxygen atoms in total. The van der Waals surface area contributed by atoms with E-state index >= 15 is 0 Å². The van der Waals surface area contributed by atoms with Crippen LogP contribution < -0.4 is 0 Å².